The summed E-state index contributed by atoms with van der Waals surface area (Å²) in [5.74, 6) is 0. The SMILES string of the molecule is c1ccc(-c2cccc(-c3ccccc3)c2-n2c3ccccc3c3c4oc5cc6c7ccccc7n(-c7ccccc7)c6cc5c4ccc32)cc1. The lowest BCUT2D eigenvalue weighted by Gasteiger charge is -2.19. The minimum absolute atomic E-state index is 0.896. The summed E-state index contributed by atoms with van der Waals surface area (Å²) in [6.45, 7) is 0. The number of aromatic nitrogens is 2. The predicted molar refractivity (Wildman–Crippen MR) is 213 cm³/mol. The first-order valence-corrected chi connectivity index (χ1v) is 17.4. The standard InChI is InChI=1S/C48H30N2O/c1-4-15-31(16-5-1)34-23-14-24-35(32-17-6-2-7-18-32)47(34)50-42-26-13-11-22-38(42)46-43(50)28-27-37-40-29-44-39(30-45(40)51-48(37)46)36-21-10-12-25-41(36)49(44)33-19-8-3-9-20-33/h1-30H. The van der Waals surface area contributed by atoms with Gasteiger partial charge in [0.25, 0.3) is 0 Å². The summed E-state index contributed by atoms with van der Waals surface area (Å²) >= 11 is 0. The van der Waals surface area contributed by atoms with Crippen molar-refractivity contribution in [1.29, 1.82) is 0 Å². The zero-order chi connectivity index (χ0) is 33.5. The van der Waals surface area contributed by atoms with E-state index in [0.717, 1.165) is 49.7 Å². The van der Waals surface area contributed by atoms with Gasteiger partial charge in [-0.1, -0.05) is 133 Å². The topological polar surface area (TPSA) is 23.0 Å². The normalized spacial score (nSPS) is 11.9. The van der Waals surface area contributed by atoms with Crippen LogP contribution in [-0.2, 0) is 0 Å². The molecule has 11 aromatic rings. The monoisotopic (exact) mass is 650 g/mol. The zero-order valence-corrected chi connectivity index (χ0v) is 27.6. The highest BCUT2D eigenvalue weighted by atomic mass is 16.3. The molecule has 0 saturated carbocycles. The van der Waals surface area contributed by atoms with Crippen LogP contribution in [0.15, 0.2) is 186 Å². The molecule has 3 aromatic heterocycles. The molecule has 0 unspecified atom stereocenters. The molecule has 0 aliphatic carbocycles. The fourth-order valence-corrected chi connectivity index (χ4v) is 8.33. The van der Waals surface area contributed by atoms with E-state index in [1.807, 2.05) is 0 Å². The number of para-hydroxylation sites is 4. The molecule has 3 heteroatoms. The van der Waals surface area contributed by atoms with Crippen LogP contribution in [-0.4, -0.2) is 9.13 Å². The fraction of sp³-hybridized carbons (Fsp3) is 0. The molecule has 0 amide bonds. The number of furan rings is 1. The van der Waals surface area contributed by atoms with Crippen molar-refractivity contribution >= 4 is 65.6 Å². The quantitative estimate of drug-likeness (QED) is 0.186. The van der Waals surface area contributed by atoms with Crippen LogP contribution in [0, 0.1) is 0 Å². The van der Waals surface area contributed by atoms with E-state index >= 15 is 0 Å². The molecular weight excluding hydrogens is 621 g/mol. The third-order valence-electron chi connectivity index (χ3n) is 10.5. The molecule has 11 rings (SSSR count). The maximum atomic E-state index is 7.00. The highest BCUT2D eigenvalue weighted by Gasteiger charge is 2.23. The molecule has 0 radical (unpaired) electrons. The summed E-state index contributed by atoms with van der Waals surface area (Å²) in [6.07, 6.45) is 0. The van der Waals surface area contributed by atoms with Crippen LogP contribution in [0.25, 0.3) is 99.2 Å². The zero-order valence-electron chi connectivity index (χ0n) is 27.6. The van der Waals surface area contributed by atoms with Gasteiger partial charge in [0.05, 0.1) is 33.1 Å². The highest BCUT2D eigenvalue weighted by molar-refractivity contribution is 6.26. The lowest BCUT2D eigenvalue weighted by molar-refractivity contribution is 0.673. The predicted octanol–water partition coefficient (Wildman–Crippen LogP) is 13.1. The molecule has 3 heterocycles. The molecule has 0 aliphatic rings. The van der Waals surface area contributed by atoms with Crippen molar-refractivity contribution in [2.45, 2.75) is 0 Å². The van der Waals surface area contributed by atoms with Gasteiger partial charge in [-0.25, -0.2) is 0 Å². The lowest BCUT2D eigenvalue weighted by Crippen LogP contribution is -2.00. The number of hydrogen-bond acceptors (Lipinski definition) is 1. The number of fused-ring (bicyclic) bond motifs is 10. The summed E-state index contributed by atoms with van der Waals surface area (Å²) in [5, 5.41) is 6.93. The smallest absolute Gasteiger partial charge is 0.145 e. The molecular formula is C48H30N2O. The third kappa shape index (κ3) is 4.06. The van der Waals surface area contributed by atoms with Crippen LogP contribution in [0.4, 0.5) is 0 Å². The summed E-state index contributed by atoms with van der Waals surface area (Å²) in [7, 11) is 0. The van der Waals surface area contributed by atoms with Crippen LogP contribution in [0.1, 0.15) is 0 Å². The summed E-state index contributed by atoms with van der Waals surface area (Å²) in [4.78, 5) is 0. The Morgan fingerprint density at radius 2 is 0.941 bits per heavy atom. The Balaban J connectivity index is 1.26. The number of nitrogens with zero attached hydrogens (tertiary/aromatic N) is 2. The van der Waals surface area contributed by atoms with Crippen LogP contribution in [0.2, 0.25) is 0 Å². The molecule has 0 saturated heterocycles. The molecule has 238 valence electrons. The van der Waals surface area contributed by atoms with Gasteiger partial charge < -0.3 is 13.6 Å². The largest absolute Gasteiger partial charge is 0.455 e. The summed E-state index contributed by atoms with van der Waals surface area (Å²) in [5.41, 5.74) is 13.5. The Morgan fingerprint density at radius 1 is 0.353 bits per heavy atom. The highest BCUT2D eigenvalue weighted by Crippen LogP contribution is 2.45. The summed E-state index contributed by atoms with van der Waals surface area (Å²) < 4.78 is 11.8. The third-order valence-corrected chi connectivity index (χ3v) is 10.5. The molecule has 0 aliphatic heterocycles. The maximum absolute atomic E-state index is 7.00. The molecule has 0 N–H and O–H groups in total. The molecule has 0 bridgehead atoms. The van der Waals surface area contributed by atoms with Crippen LogP contribution in [0.5, 0.6) is 0 Å². The van der Waals surface area contributed by atoms with Crippen LogP contribution >= 0.6 is 0 Å². The second-order valence-corrected chi connectivity index (χ2v) is 13.3. The second kappa shape index (κ2) is 10.8. The van der Waals surface area contributed by atoms with Gasteiger partial charge in [0.1, 0.15) is 11.2 Å². The fourth-order valence-electron chi connectivity index (χ4n) is 8.33. The van der Waals surface area contributed by atoms with Crippen molar-refractivity contribution in [2.75, 3.05) is 0 Å². The molecule has 8 aromatic carbocycles. The lowest BCUT2D eigenvalue weighted by atomic mass is 9.95. The van der Waals surface area contributed by atoms with E-state index in [1.54, 1.807) is 0 Å². The van der Waals surface area contributed by atoms with E-state index in [-0.39, 0.29) is 0 Å². The van der Waals surface area contributed by atoms with Crippen molar-refractivity contribution in [3.63, 3.8) is 0 Å². The number of benzene rings is 8. The van der Waals surface area contributed by atoms with Gasteiger partial charge in [-0.2, -0.15) is 0 Å². The van der Waals surface area contributed by atoms with Gasteiger partial charge in [0.2, 0.25) is 0 Å². The second-order valence-electron chi connectivity index (χ2n) is 13.3. The van der Waals surface area contributed by atoms with E-state index in [1.165, 1.54) is 49.4 Å². The van der Waals surface area contributed by atoms with Gasteiger partial charge in [-0.3, -0.25) is 0 Å². The van der Waals surface area contributed by atoms with Gasteiger partial charge >= 0.3 is 0 Å². The number of hydrogen-bond donors (Lipinski definition) is 0. The van der Waals surface area contributed by atoms with Crippen molar-refractivity contribution < 1.29 is 4.42 Å². The number of rotatable bonds is 4. The van der Waals surface area contributed by atoms with Crippen molar-refractivity contribution in [3.8, 4) is 33.6 Å². The first kappa shape index (κ1) is 28.0. The molecule has 51 heavy (non-hydrogen) atoms. The van der Waals surface area contributed by atoms with E-state index in [9.17, 15) is 0 Å². The van der Waals surface area contributed by atoms with E-state index in [0.29, 0.717) is 0 Å². The van der Waals surface area contributed by atoms with Crippen molar-refractivity contribution in [1.82, 2.24) is 9.13 Å². The van der Waals surface area contributed by atoms with Crippen molar-refractivity contribution in [2.24, 2.45) is 0 Å². The minimum atomic E-state index is 0.896. The average molecular weight is 651 g/mol. The van der Waals surface area contributed by atoms with Crippen LogP contribution < -0.4 is 0 Å². The van der Waals surface area contributed by atoms with E-state index in [2.05, 4.69) is 191 Å². The summed E-state index contributed by atoms with van der Waals surface area (Å²) in [6, 6.07) is 65.3. The molecule has 0 spiro atoms. The van der Waals surface area contributed by atoms with Gasteiger partial charge in [-0.15, -0.1) is 0 Å². The van der Waals surface area contributed by atoms with Crippen molar-refractivity contribution in [3.05, 3.63) is 182 Å². The Morgan fingerprint density at radius 3 is 1.63 bits per heavy atom. The van der Waals surface area contributed by atoms with Gasteiger partial charge in [0.15, 0.2) is 0 Å². The average Bonchev–Trinajstić information content (AvgIpc) is 3.85. The van der Waals surface area contributed by atoms with Gasteiger partial charge in [0, 0.05) is 43.7 Å². The Bertz CT molecular complexity index is 3050. The molecule has 0 atom stereocenters. The minimum Gasteiger partial charge on any atom is -0.455 e. The Hall–Kier alpha value is -6.84. The Kier molecular flexibility index (Phi) is 5.96. The first-order chi connectivity index (χ1) is 25.3. The first-order valence-electron chi connectivity index (χ1n) is 17.4. The van der Waals surface area contributed by atoms with Crippen LogP contribution in [0.3, 0.4) is 0 Å². The molecule has 3 nitrogen and oxygen atoms in total. The Labute approximate surface area is 293 Å². The van der Waals surface area contributed by atoms with Gasteiger partial charge in [-0.05, 0) is 59.7 Å². The maximum Gasteiger partial charge on any atom is 0.145 e. The van der Waals surface area contributed by atoms with E-state index in [4.69, 9.17) is 4.42 Å². The van der Waals surface area contributed by atoms with E-state index < -0.39 is 0 Å². The molecule has 0 fully saturated rings.